The highest BCUT2D eigenvalue weighted by Gasteiger charge is 2.11. The number of rotatable bonds is 5. The van der Waals surface area contributed by atoms with Crippen molar-refractivity contribution in [3.63, 3.8) is 0 Å². The highest BCUT2D eigenvalue weighted by molar-refractivity contribution is 6.30. The first-order valence-electron chi connectivity index (χ1n) is 8.21. The largest absolute Gasteiger partial charge is 0.347 e. The first-order chi connectivity index (χ1) is 12.0. The molecule has 1 aromatic heterocycles. The first kappa shape index (κ1) is 17.2. The van der Waals surface area contributed by atoms with E-state index in [1.54, 1.807) is 12.1 Å². The maximum atomic E-state index is 12.3. The van der Waals surface area contributed by atoms with Crippen molar-refractivity contribution in [1.82, 2.24) is 15.5 Å². The molecule has 2 aromatic carbocycles. The van der Waals surface area contributed by atoms with Gasteiger partial charge in [-0.05, 0) is 35.2 Å². The number of aromatic amines is 1. The van der Waals surface area contributed by atoms with Crippen LogP contribution in [-0.4, -0.2) is 16.1 Å². The molecule has 1 amide bonds. The highest BCUT2D eigenvalue weighted by Crippen LogP contribution is 2.21. The van der Waals surface area contributed by atoms with Crippen molar-refractivity contribution in [1.29, 1.82) is 0 Å². The van der Waals surface area contributed by atoms with Gasteiger partial charge in [0.2, 0.25) is 0 Å². The summed E-state index contributed by atoms with van der Waals surface area (Å²) in [5, 5.41) is 10.5. The molecule has 0 bridgehead atoms. The summed E-state index contributed by atoms with van der Waals surface area (Å²) in [6.07, 6.45) is 0. The molecule has 3 aromatic rings. The molecule has 25 heavy (non-hydrogen) atoms. The molecular formula is C20H20ClN3O. The van der Waals surface area contributed by atoms with Crippen LogP contribution in [-0.2, 0) is 6.54 Å². The minimum absolute atomic E-state index is 0.186. The minimum Gasteiger partial charge on any atom is -0.347 e. The van der Waals surface area contributed by atoms with E-state index < -0.39 is 0 Å². The molecule has 128 valence electrons. The van der Waals surface area contributed by atoms with Crippen molar-refractivity contribution < 1.29 is 4.79 Å². The number of H-pyrrole nitrogens is 1. The van der Waals surface area contributed by atoms with Crippen LogP contribution in [0.2, 0.25) is 5.02 Å². The molecule has 0 saturated heterocycles. The van der Waals surface area contributed by atoms with E-state index >= 15 is 0 Å². The Kier molecular flexibility index (Phi) is 5.19. The number of benzene rings is 2. The van der Waals surface area contributed by atoms with Gasteiger partial charge in [-0.1, -0.05) is 61.8 Å². The lowest BCUT2D eigenvalue weighted by Crippen LogP contribution is -2.23. The van der Waals surface area contributed by atoms with E-state index in [0.29, 0.717) is 28.9 Å². The summed E-state index contributed by atoms with van der Waals surface area (Å²) >= 11 is 5.99. The zero-order valence-electron chi connectivity index (χ0n) is 14.2. The zero-order chi connectivity index (χ0) is 17.8. The van der Waals surface area contributed by atoms with Gasteiger partial charge in [-0.25, -0.2) is 0 Å². The van der Waals surface area contributed by atoms with Crippen LogP contribution in [0.3, 0.4) is 0 Å². The first-order valence-corrected chi connectivity index (χ1v) is 8.59. The Morgan fingerprint density at radius 3 is 2.60 bits per heavy atom. The number of nitrogens with one attached hydrogen (secondary N) is 2. The van der Waals surface area contributed by atoms with Crippen LogP contribution in [0.4, 0.5) is 0 Å². The molecule has 0 aliphatic carbocycles. The van der Waals surface area contributed by atoms with E-state index in [1.807, 2.05) is 30.3 Å². The minimum atomic E-state index is -0.186. The molecule has 0 radical (unpaired) electrons. The average molecular weight is 354 g/mol. The fourth-order valence-corrected chi connectivity index (χ4v) is 2.72. The Morgan fingerprint density at radius 1 is 1.16 bits per heavy atom. The van der Waals surface area contributed by atoms with Crippen LogP contribution in [0.25, 0.3) is 11.3 Å². The maximum absolute atomic E-state index is 12.3. The molecule has 0 unspecified atom stereocenters. The van der Waals surface area contributed by atoms with E-state index in [0.717, 1.165) is 11.1 Å². The highest BCUT2D eigenvalue weighted by atomic mass is 35.5. The predicted octanol–water partition coefficient (Wildman–Crippen LogP) is 4.78. The van der Waals surface area contributed by atoms with Crippen LogP contribution < -0.4 is 5.32 Å². The third kappa shape index (κ3) is 4.28. The fraction of sp³-hybridized carbons (Fsp3) is 0.200. The van der Waals surface area contributed by atoms with Gasteiger partial charge < -0.3 is 5.32 Å². The second kappa shape index (κ2) is 7.53. The summed E-state index contributed by atoms with van der Waals surface area (Å²) in [5.41, 5.74) is 4.33. The number of amides is 1. The molecule has 0 aliphatic heterocycles. The number of hydrogen-bond donors (Lipinski definition) is 2. The maximum Gasteiger partial charge on any atom is 0.269 e. The quantitative estimate of drug-likeness (QED) is 0.693. The topological polar surface area (TPSA) is 57.8 Å². The lowest BCUT2D eigenvalue weighted by atomic mass is 10.0. The SMILES string of the molecule is CC(C)c1ccc(CNC(=O)c2cc(-c3cccc(Cl)c3)n[nH]2)cc1. The molecule has 0 atom stereocenters. The van der Waals surface area contributed by atoms with Crippen LogP contribution in [0.15, 0.2) is 54.6 Å². The fourth-order valence-electron chi connectivity index (χ4n) is 2.53. The van der Waals surface area contributed by atoms with Crippen molar-refractivity contribution in [2.45, 2.75) is 26.3 Å². The number of halogens is 1. The molecule has 4 nitrogen and oxygen atoms in total. The lowest BCUT2D eigenvalue weighted by molar-refractivity contribution is 0.0946. The van der Waals surface area contributed by atoms with Gasteiger partial charge in [0.1, 0.15) is 5.69 Å². The summed E-state index contributed by atoms with van der Waals surface area (Å²) in [6, 6.07) is 17.4. The molecule has 0 fully saturated rings. The van der Waals surface area contributed by atoms with Crippen molar-refractivity contribution in [3.05, 3.63) is 76.4 Å². The number of nitrogens with zero attached hydrogens (tertiary/aromatic N) is 1. The smallest absolute Gasteiger partial charge is 0.269 e. The van der Waals surface area contributed by atoms with Gasteiger partial charge in [0.15, 0.2) is 0 Å². The van der Waals surface area contributed by atoms with E-state index in [2.05, 4.69) is 41.5 Å². The van der Waals surface area contributed by atoms with Crippen molar-refractivity contribution in [2.75, 3.05) is 0 Å². The Hall–Kier alpha value is -2.59. The van der Waals surface area contributed by atoms with E-state index in [1.165, 1.54) is 5.56 Å². The second-order valence-corrected chi connectivity index (χ2v) is 6.69. The normalized spacial score (nSPS) is 10.9. The Labute approximate surface area is 152 Å². The summed E-state index contributed by atoms with van der Waals surface area (Å²) in [7, 11) is 0. The lowest BCUT2D eigenvalue weighted by Gasteiger charge is -2.07. The van der Waals surface area contributed by atoms with Gasteiger partial charge in [0.05, 0.1) is 5.69 Å². The summed E-state index contributed by atoms with van der Waals surface area (Å²) in [6.45, 7) is 4.79. The average Bonchev–Trinajstić information content (AvgIpc) is 3.10. The monoisotopic (exact) mass is 353 g/mol. The number of aromatic nitrogens is 2. The van der Waals surface area contributed by atoms with Gasteiger partial charge in [0, 0.05) is 17.1 Å². The Morgan fingerprint density at radius 2 is 1.92 bits per heavy atom. The summed E-state index contributed by atoms with van der Waals surface area (Å²) in [4.78, 5) is 12.3. The third-order valence-electron chi connectivity index (χ3n) is 4.04. The molecule has 0 saturated carbocycles. The molecule has 3 rings (SSSR count). The van der Waals surface area contributed by atoms with Gasteiger partial charge in [-0.15, -0.1) is 0 Å². The molecule has 0 aliphatic rings. The van der Waals surface area contributed by atoms with E-state index in [-0.39, 0.29) is 5.91 Å². The summed E-state index contributed by atoms with van der Waals surface area (Å²) < 4.78 is 0. The molecular weight excluding hydrogens is 334 g/mol. The van der Waals surface area contributed by atoms with Gasteiger partial charge in [-0.2, -0.15) is 5.10 Å². The third-order valence-corrected chi connectivity index (χ3v) is 4.28. The Balaban J connectivity index is 1.64. The van der Waals surface area contributed by atoms with Crippen LogP contribution in [0.1, 0.15) is 41.4 Å². The molecule has 1 heterocycles. The van der Waals surface area contributed by atoms with Gasteiger partial charge in [0.25, 0.3) is 5.91 Å². The number of carbonyl (C=O) groups is 1. The second-order valence-electron chi connectivity index (χ2n) is 6.26. The van der Waals surface area contributed by atoms with Gasteiger partial charge in [-0.3, -0.25) is 9.89 Å². The van der Waals surface area contributed by atoms with Crippen LogP contribution in [0, 0.1) is 0 Å². The van der Waals surface area contributed by atoms with Crippen molar-refractivity contribution in [2.24, 2.45) is 0 Å². The van der Waals surface area contributed by atoms with Gasteiger partial charge >= 0.3 is 0 Å². The van der Waals surface area contributed by atoms with Crippen molar-refractivity contribution >= 4 is 17.5 Å². The summed E-state index contributed by atoms with van der Waals surface area (Å²) in [5.74, 6) is 0.312. The van der Waals surface area contributed by atoms with E-state index in [4.69, 9.17) is 11.6 Å². The predicted molar refractivity (Wildman–Crippen MR) is 101 cm³/mol. The number of carbonyl (C=O) groups excluding carboxylic acids is 1. The standard InChI is InChI=1S/C20H20ClN3O/c1-13(2)15-8-6-14(7-9-15)12-22-20(25)19-11-18(23-24-19)16-4-3-5-17(21)10-16/h3-11,13H,12H2,1-2H3,(H,22,25)(H,23,24). The van der Waals surface area contributed by atoms with Crippen LogP contribution >= 0.6 is 11.6 Å². The Bertz CT molecular complexity index is 869. The zero-order valence-corrected chi connectivity index (χ0v) is 15.0. The van der Waals surface area contributed by atoms with Crippen LogP contribution in [0.5, 0.6) is 0 Å². The molecule has 5 heteroatoms. The van der Waals surface area contributed by atoms with Crippen molar-refractivity contribution in [3.8, 4) is 11.3 Å². The molecule has 0 spiro atoms. The van der Waals surface area contributed by atoms with E-state index in [9.17, 15) is 4.79 Å². The number of hydrogen-bond acceptors (Lipinski definition) is 2. The molecule has 2 N–H and O–H groups in total.